The Morgan fingerprint density at radius 1 is 0.714 bits per heavy atom. The number of imidazole rings is 1. The van der Waals surface area contributed by atoms with Crippen molar-refractivity contribution >= 4 is 11.9 Å². The third kappa shape index (κ3) is 2.43. The van der Waals surface area contributed by atoms with Gasteiger partial charge in [0.05, 0.1) is 0 Å². The topological polar surface area (TPSA) is 63.0 Å². The molecule has 2 aromatic rings. The molecular weight excluding hydrogens is 266 g/mol. The minimum absolute atomic E-state index is 0.659. The van der Waals surface area contributed by atoms with Crippen LogP contribution in [0.2, 0.25) is 0 Å². The zero-order valence-electron chi connectivity index (χ0n) is 12.0. The summed E-state index contributed by atoms with van der Waals surface area (Å²) in [5.41, 5.74) is 0. The van der Waals surface area contributed by atoms with Crippen molar-refractivity contribution in [3.63, 3.8) is 0 Å². The highest BCUT2D eigenvalue weighted by molar-refractivity contribution is 5.43. The summed E-state index contributed by atoms with van der Waals surface area (Å²) in [5, 5.41) is 0. The molecule has 2 fully saturated rings. The van der Waals surface area contributed by atoms with Crippen LogP contribution in [0.4, 0.5) is 11.9 Å². The highest BCUT2D eigenvalue weighted by Crippen LogP contribution is 2.22. The maximum absolute atomic E-state index is 4.70. The van der Waals surface area contributed by atoms with Gasteiger partial charge in [0.25, 0.3) is 0 Å². The number of rotatable bonds is 3. The highest BCUT2D eigenvalue weighted by Gasteiger charge is 2.21. The van der Waals surface area contributed by atoms with Gasteiger partial charge in [-0.15, -0.1) is 0 Å². The number of aromatic nitrogens is 5. The molecule has 7 nitrogen and oxygen atoms in total. The predicted molar refractivity (Wildman–Crippen MR) is 79.8 cm³/mol. The van der Waals surface area contributed by atoms with E-state index in [0.29, 0.717) is 5.95 Å². The van der Waals surface area contributed by atoms with E-state index in [2.05, 4.69) is 24.8 Å². The Labute approximate surface area is 123 Å². The third-order valence-corrected chi connectivity index (χ3v) is 4.11. The first-order valence-electron chi connectivity index (χ1n) is 7.64. The molecule has 0 aliphatic carbocycles. The molecule has 110 valence electrons. The molecule has 7 heteroatoms. The molecule has 0 atom stereocenters. The normalized spacial score (nSPS) is 18.7. The summed E-state index contributed by atoms with van der Waals surface area (Å²) in [6.45, 7) is 4.14. The first kappa shape index (κ1) is 12.6. The van der Waals surface area contributed by atoms with Gasteiger partial charge in [-0.2, -0.15) is 15.0 Å². The van der Waals surface area contributed by atoms with Crippen LogP contribution < -0.4 is 9.80 Å². The highest BCUT2D eigenvalue weighted by atomic mass is 15.4. The van der Waals surface area contributed by atoms with Crippen LogP contribution in [0, 0.1) is 0 Å². The molecule has 0 radical (unpaired) electrons. The SMILES string of the molecule is c1cn(-c2nc(N3CCCC3)nc(N3CCCC3)n2)cn1. The van der Waals surface area contributed by atoms with Crippen LogP contribution >= 0.6 is 0 Å². The van der Waals surface area contributed by atoms with Crippen molar-refractivity contribution in [3.05, 3.63) is 18.7 Å². The van der Waals surface area contributed by atoms with Crippen molar-refractivity contribution in [2.24, 2.45) is 0 Å². The lowest BCUT2D eigenvalue weighted by molar-refractivity contribution is 0.805. The fourth-order valence-corrected chi connectivity index (χ4v) is 2.95. The Morgan fingerprint density at radius 2 is 1.24 bits per heavy atom. The molecule has 2 aromatic heterocycles. The molecule has 0 amide bonds. The lowest BCUT2D eigenvalue weighted by atomic mass is 10.4. The van der Waals surface area contributed by atoms with Crippen LogP contribution in [0.25, 0.3) is 5.95 Å². The first-order chi connectivity index (χ1) is 10.4. The Balaban J connectivity index is 1.75. The fraction of sp³-hybridized carbons (Fsp3) is 0.571. The number of hydrogen-bond acceptors (Lipinski definition) is 6. The number of nitrogens with zero attached hydrogens (tertiary/aromatic N) is 7. The summed E-state index contributed by atoms with van der Waals surface area (Å²) in [6, 6.07) is 0. The second-order valence-electron chi connectivity index (χ2n) is 5.59. The first-order valence-corrected chi connectivity index (χ1v) is 7.64. The van der Waals surface area contributed by atoms with Gasteiger partial charge in [0.2, 0.25) is 17.8 Å². The minimum atomic E-state index is 0.659. The van der Waals surface area contributed by atoms with Gasteiger partial charge in [-0.1, -0.05) is 0 Å². The van der Waals surface area contributed by atoms with Gasteiger partial charge >= 0.3 is 0 Å². The van der Waals surface area contributed by atoms with Crippen LogP contribution in [0.1, 0.15) is 25.7 Å². The fourth-order valence-electron chi connectivity index (χ4n) is 2.95. The maximum Gasteiger partial charge on any atom is 0.241 e. The van der Waals surface area contributed by atoms with Crippen LogP contribution in [-0.4, -0.2) is 50.7 Å². The van der Waals surface area contributed by atoms with Gasteiger partial charge < -0.3 is 9.80 Å². The van der Waals surface area contributed by atoms with Gasteiger partial charge in [-0.05, 0) is 25.7 Å². The summed E-state index contributed by atoms with van der Waals surface area (Å²) in [4.78, 5) is 22.6. The van der Waals surface area contributed by atoms with E-state index in [0.717, 1.165) is 38.1 Å². The summed E-state index contributed by atoms with van der Waals surface area (Å²) in [5.74, 6) is 2.26. The summed E-state index contributed by atoms with van der Waals surface area (Å²) in [7, 11) is 0. The van der Waals surface area contributed by atoms with Crippen molar-refractivity contribution in [2.75, 3.05) is 36.0 Å². The standard InChI is InChI=1S/C14H19N7/c1-2-7-19(6-1)12-16-13(20-8-3-4-9-20)18-14(17-12)21-10-5-15-11-21/h5,10-11H,1-4,6-9H2. The average molecular weight is 285 g/mol. The molecule has 0 spiro atoms. The van der Waals surface area contributed by atoms with E-state index >= 15 is 0 Å². The molecule has 4 heterocycles. The summed E-state index contributed by atoms with van der Waals surface area (Å²) < 4.78 is 1.85. The zero-order chi connectivity index (χ0) is 14.1. The van der Waals surface area contributed by atoms with Gasteiger partial charge in [-0.3, -0.25) is 4.57 Å². The molecule has 0 saturated carbocycles. The third-order valence-electron chi connectivity index (χ3n) is 4.11. The number of anilines is 2. The lowest BCUT2D eigenvalue weighted by Gasteiger charge is -2.20. The van der Waals surface area contributed by atoms with Crippen molar-refractivity contribution in [1.82, 2.24) is 24.5 Å². The van der Waals surface area contributed by atoms with Crippen molar-refractivity contribution in [1.29, 1.82) is 0 Å². The van der Waals surface area contributed by atoms with E-state index in [9.17, 15) is 0 Å². The number of hydrogen-bond donors (Lipinski definition) is 0. The van der Waals surface area contributed by atoms with E-state index in [1.807, 2.05) is 10.8 Å². The quantitative estimate of drug-likeness (QED) is 0.846. The Kier molecular flexibility index (Phi) is 3.17. The Hall–Kier alpha value is -2.18. The van der Waals surface area contributed by atoms with E-state index in [4.69, 9.17) is 4.98 Å². The molecule has 0 bridgehead atoms. The van der Waals surface area contributed by atoms with Crippen LogP contribution in [0.3, 0.4) is 0 Å². The van der Waals surface area contributed by atoms with E-state index in [-0.39, 0.29) is 0 Å². The van der Waals surface area contributed by atoms with Crippen molar-refractivity contribution in [3.8, 4) is 5.95 Å². The van der Waals surface area contributed by atoms with Crippen molar-refractivity contribution < 1.29 is 0 Å². The molecule has 0 aromatic carbocycles. The van der Waals surface area contributed by atoms with Gasteiger partial charge in [0.15, 0.2) is 0 Å². The smallest absolute Gasteiger partial charge is 0.241 e. The maximum atomic E-state index is 4.70. The largest absolute Gasteiger partial charge is 0.341 e. The molecule has 21 heavy (non-hydrogen) atoms. The van der Waals surface area contributed by atoms with Gasteiger partial charge in [-0.25, -0.2) is 4.98 Å². The van der Waals surface area contributed by atoms with E-state index < -0.39 is 0 Å². The lowest BCUT2D eigenvalue weighted by Crippen LogP contribution is -2.26. The van der Waals surface area contributed by atoms with E-state index in [1.54, 1.807) is 12.5 Å². The molecule has 2 aliphatic rings. The molecular formula is C14H19N7. The molecule has 0 unspecified atom stereocenters. The second kappa shape index (κ2) is 5.31. The van der Waals surface area contributed by atoms with E-state index in [1.165, 1.54) is 25.7 Å². The molecule has 0 N–H and O–H groups in total. The van der Waals surface area contributed by atoms with Gasteiger partial charge in [0, 0.05) is 38.6 Å². The second-order valence-corrected chi connectivity index (χ2v) is 5.59. The summed E-state index contributed by atoms with van der Waals surface area (Å²) >= 11 is 0. The Bertz CT molecular complexity index is 564. The molecule has 4 rings (SSSR count). The predicted octanol–water partition coefficient (Wildman–Crippen LogP) is 1.26. The van der Waals surface area contributed by atoms with Gasteiger partial charge in [0.1, 0.15) is 6.33 Å². The van der Waals surface area contributed by atoms with Crippen LogP contribution in [-0.2, 0) is 0 Å². The monoisotopic (exact) mass is 285 g/mol. The Morgan fingerprint density at radius 3 is 1.71 bits per heavy atom. The average Bonchev–Trinajstić information content (AvgIpc) is 3.29. The van der Waals surface area contributed by atoms with Crippen LogP contribution in [0.5, 0.6) is 0 Å². The molecule has 2 aliphatic heterocycles. The summed E-state index contributed by atoms with van der Waals surface area (Å²) in [6.07, 6.45) is 10.2. The van der Waals surface area contributed by atoms with Crippen LogP contribution in [0.15, 0.2) is 18.7 Å². The minimum Gasteiger partial charge on any atom is -0.341 e. The zero-order valence-corrected chi connectivity index (χ0v) is 12.0. The van der Waals surface area contributed by atoms with Crippen molar-refractivity contribution in [2.45, 2.75) is 25.7 Å². The molecule has 2 saturated heterocycles.